The van der Waals surface area contributed by atoms with Gasteiger partial charge in [0.1, 0.15) is 12.4 Å². The van der Waals surface area contributed by atoms with Crippen molar-refractivity contribution in [3.63, 3.8) is 0 Å². The Morgan fingerprint density at radius 3 is 2.38 bits per heavy atom. The number of hydrogen-bond donors (Lipinski definition) is 2. The molecule has 5 nitrogen and oxygen atoms in total. The Bertz CT molecular complexity index is 605. The lowest BCUT2D eigenvalue weighted by atomic mass is 10.1. The molecule has 3 N–H and O–H groups in total. The molecule has 1 amide bonds. The van der Waals surface area contributed by atoms with Crippen LogP contribution in [-0.4, -0.2) is 32.3 Å². The molecule has 2 rings (SSSR count). The topological polar surface area (TPSA) is 73.6 Å². The van der Waals surface area contributed by atoms with Crippen molar-refractivity contribution < 1.29 is 14.3 Å². The van der Waals surface area contributed by atoms with Crippen LogP contribution in [0, 0.1) is 0 Å². The minimum atomic E-state index is -0.588. The molecule has 0 aliphatic carbocycles. The van der Waals surface area contributed by atoms with Gasteiger partial charge in [-0.2, -0.15) is 0 Å². The molecule has 1 unspecified atom stereocenters. The number of nitrogens with one attached hydrogen (secondary N) is 1. The number of carbonyl (C=O) groups is 1. The second-order valence-electron chi connectivity index (χ2n) is 5.15. The van der Waals surface area contributed by atoms with Gasteiger partial charge in [-0.1, -0.05) is 30.3 Å². The van der Waals surface area contributed by atoms with E-state index in [1.165, 1.54) is 0 Å². The highest BCUT2D eigenvalue weighted by Gasteiger charge is 2.14. The van der Waals surface area contributed by atoms with Gasteiger partial charge in [0.15, 0.2) is 0 Å². The predicted molar refractivity (Wildman–Crippen MR) is 97.8 cm³/mol. The van der Waals surface area contributed by atoms with E-state index in [0.29, 0.717) is 25.3 Å². The van der Waals surface area contributed by atoms with Crippen LogP contribution in [0.25, 0.3) is 0 Å². The Morgan fingerprint density at radius 1 is 1.08 bits per heavy atom. The Morgan fingerprint density at radius 2 is 1.75 bits per heavy atom. The normalized spacial score (nSPS) is 11.2. The molecule has 0 radical (unpaired) electrons. The standard InChI is InChI=1S/C18H22N2O3.ClH/c1-22-11-12-23-16-9-7-15(8-10-16)20-18(21)17(19)13-14-5-3-2-4-6-14;/h2-10,17H,11-13,19H2,1H3,(H,20,21);1H. The first-order valence-corrected chi connectivity index (χ1v) is 7.51. The molecule has 0 aromatic heterocycles. The van der Waals surface area contributed by atoms with E-state index in [1.54, 1.807) is 31.4 Å². The summed E-state index contributed by atoms with van der Waals surface area (Å²) in [7, 11) is 1.63. The molecule has 0 aliphatic heterocycles. The molecule has 0 saturated carbocycles. The zero-order chi connectivity index (χ0) is 16.5. The average molecular weight is 351 g/mol. The molecule has 0 fully saturated rings. The molecule has 0 bridgehead atoms. The van der Waals surface area contributed by atoms with E-state index in [2.05, 4.69) is 5.32 Å². The highest BCUT2D eigenvalue weighted by Crippen LogP contribution is 2.16. The van der Waals surface area contributed by atoms with Crippen molar-refractivity contribution in [2.45, 2.75) is 12.5 Å². The lowest BCUT2D eigenvalue weighted by Crippen LogP contribution is -2.37. The molecule has 0 spiro atoms. The number of rotatable bonds is 8. The van der Waals surface area contributed by atoms with Crippen LogP contribution < -0.4 is 15.8 Å². The van der Waals surface area contributed by atoms with E-state index in [-0.39, 0.29) is 18.3 Å². The highest BCUT2D eigenvalue weighted by molar-refractivity contribution is 5.94. The summed E-state index contributed by atoms with van der Waals surface area (Å²) >= 11 is 0. The summed E-state index contributed by atoms with van der Waals surface area (Å²) in [6, 6.07) is 16.3. The Labute approximate surface area is 148 Å². The van der Waals surface area contributed by atoms with Crippen molar-refractivity contribution in [2.75, 3.05) is 25.6 Å². The van der Waals surface area contributed by atoms with E-state index in [0.717, 1.165) is 11.3 Å². The fourth-order valence-corrected chi connectivity index (χ4v) is 2.07. The number of halogens is 1. The molecule has 1 atom stereocenters. The Balaban J connectivity index is 0.00000288. The lowest BCUT2D eigenvalue weighted by molar-refractivity contribution is -0.117. The number of benzene rings is 2. The first-order valence-electron chi connectivity index (χ1n) is 7.51. The van der Waals surface area contributed by atoms with Gasteiger partial charge >= 0.3 is 0 Å². The van der Waals surface area contributed by atoms with Gasteiger partial charge < -0.3 is 20.5 Å². The summed E-state index contributed by atoms with van der Waals surface area (Å²) in [4.78, 5) is 12.1. The minimum Gasteiger partial charge on any atom is -0.491 e. The number of anilines is 1. The number of nitrogens with two attached hydrogens (primary N) is 1. The van der Waals surface area contributed by atoms with E-state index in [9.17, 15) is 4.79 Å². The van der Waals surface area contributed by atoms with Crippen LogP contribution in [0.1, 0.15) is 5.56 Å². The number of amides is 1. The molecule has 0 heterocycles. The summed E-state index contributed by atoms with van der Waals surface area (Å²) in [5.74, 6) is 0.524. The third-order valence-electron chi connectivity index (χ3n) is 3.31. The van der Waals surface area contributed by atoms with Crippen LogP contribution in [0.2, 0.25) is 0 Å². The van der Waals surface area contributed by atoms with Gasteiger partial charge in [0.25, 0.3) is 0 Å². The van der Waals surface area contributed by atoms with Gasteiger partial charge in [0.05, 0.1) is 12.6 Å². The van der Waals surface area contributed by atoms with Crippen molar-refractivity contribution in [3.8, 4) is 5.75 Å². The predicted octanol–water partition coefficient (Wildman–Crippen LogP) is 2.64. The van der Waals surface area contributed by atoms with E-state index >= 15 is 0 Å². The molecule has 24 heavy (non-hydrogen) atoms. The maximum Gasteiger partial charge on any atom is 0.241 e. The monoisotopic (exact) mass is 350 g/mol. The maximum absolute atomic E-state index is 12.1. The summed E-state index contributed by atoms with van der Waals surface area (Å²) < 4.78 is 10.4. The van der Waals surface area contributed by atoms with Crippen molar-refractivity contribution in [3.05, 3.63) is 60.2 Å². The van der Waals surface area contributed by atoms with Gasteiger partial charge in [0.2, 0.25) is 5.91 Å². The van der Waals surface area contributed by atoms with Crippen molar-refractivity contribution >= 4 is 24.0 Å². The van der Waals surface area contributed by atoms with Crippen LogP contribution in [0.5, 0.6) is 5.75 Å². The third-order valence-corrected chi connectivity index (χ3v) is 3.31. The fourth-order valence-electron chi connectivity index (χ4n) is 2.07. The van der Waals surface area contributed by atoms with Crippen molar-refractivity contribution in [1.29, 1.82) is 0 Å². The zero-order valence-electron chi connectivity index (χ0n) is 13.6. The smallest absolute Gasteiger partial charge is 0.241 e. The second-order valence-corrected chi connectivity index (χ2v) is 5.15. The molecule has 0 saturated heterocycles. The summed E-state index contributed by atoms with van der Waals surface area (Å²) in [6.07, 6.45) is 0.505. The van der Waals surface area contributed by atoms with Gasteiger partial charge in [-0.05, 0) is 36.2 Å². The van der Waals surface area contributed by atoms with E-state index < -0.39 is 6.04 Å². The van der Waals surface area contributed by atoms with Gasteiger partial charge in [-0.25, -0.2) is 0 Å². The van der Waals surface area contributed by atoms with E-state index in [1.807, 2.05) is 30.3 Å². The number of carbonyl (C=O) groups excluding carboxylic acids is 1. The summed E-state index contributed by atoms with van der Waals surface area (Å²) in [5, 5.41) is 2.81. The SMILES string of the molecule is COCCOc1ccc(NC(=O)C(N)Cc2ccccc2)cc1.Cl. The summed E-state index contributed by atoms with van der Waals surface area (Å²) in [6.45, 7) is 1.02. The minimum absolute atomic E-state index is 0. The van der Waals surface area contributed by atoms with Gasteiger partial charge in [0, 0.05) is 12.8 Å². The molecular weight excluding hydrogens is 328 g/mol. The third kappa shape index (κ3) is 6.58. The van der Waals surface area contributed by atoms with E-state index in [4.69, 9.17) is 15.2 Å². The maximum atomic E-state index is 12.1. The van der Waals surface area contributed by atoms with Gasteiger partial charge in [-0.15, -0.1) is 12.4 Å². The van der Waals surface area contributed by atoms with Crippen LogP contribution in [-0.2, 0) is 16.0 Å². The van der Waals surface area contributed by atoms with Crippen molar-refractivity contribution in [2.24, 2.45) is 5.73 Å². The number of hydrogen-bond acceptors (Lipinski definition) is 4. The summed E-state index contributed by atoms with van der Waals surface area (Å²) in [5.41, 5.74) is 7.69. The zero-order valence-corrected chi connectivity index (χ0v) is 14.4. The van der Waals surface area contributed by atoms with Gasteiger partial charge in [-0.3, -0.25) is 4.79 Å². The first-order chi connectivity index (χ1) is 11.2. The first kappa shape index (κ1) is 20.0. The average Bonchev–Trinajstić information content (AvgIpc) is 2.57. The molecule has 2 aromatic rings. The van der Waals surface area contributed by atoms with Crippen LogP contribution in [0.3, 0.4) is 0 Å². The number of ether oxygens (including phenoxy) is 2. The Hall–Kier alpha value is -2.08. The molecular formula is C18H23ClN2O3. The van der Waals surface area contributed by atoms with Crippen LogP contribution in [0.4, 0.5) is 5.69 Å². The molecule has 0 aliphatic rings. The highest BCUT2D eigenvalue weighted by atomic mass is 35.5. The fraction of sp³-hybridized carbons (Fsp3) is 0.278. The number of methoxy groups -OCH3 is 1. The Kier molecular flexibility index (Phi) is 8.86. The quantitative estimate of drug-likeness (QED) is 0.718. The largest absolute Gasteiger partial charge is 0.491 e. The molecule has 130 valence electrons. The molecule has 2 aromatic carbocycles. The second kappa shape index (κ2) is 10.6. The lowest BCUT2D eigenvalue weighted by Gasteiger charge is -2.13. The van der Waals surface area contributed by atoms with Crippen molar-refractivity contribution in [1.82, 2.24) is 0 Å². The van der Waals surface area contributed by atoms with Crippen LogP contribution in [0.15, 0.2) is 54.6 Å². The van der Waals surface area contributed by atoms with Crippen LogP contribution >= 0.6 is 12.4 Å². The molecule has 6 heteroatoms.